The summed E-state index contributed by atoms with van der Waals surface area (Å²) in [7, 11) is 0. The Hall–Kier alpha value is -2.74. The van der Waals surface area contributed by atoms with Crippen LogP contribution in [-0.4, -0.2) is 63.8 Å². The molecule has 0 saturated carbocycles. The SMILES string of the molecule is CCc1cc(NCCCN2CCN(c3ccccc3F)CC2)n2ncnc2n1. The monoisotopic (exact) mass is 383 g/mol. The maximum absolute atomic E-state index is 13.9. The van der Waals surface area contributed by atoms with Crippen LogP contribution in [-0.2, 0) is 6.42 Å². The first-order valence-electron chi connectivity index (χ1n) is 9.90. The van der Waals surface area contributed by atoms with Crippen molar-refractivity contribution in [1.82, 2.24) is 24.5 Å². The van der Waals surface area contributed by atoms with E-state index in [1.807, 2.05) is 18.2 Å². The lowest BCUT2D eigenvalue weighted by Gasteiger charge is -2.36. The number of halogens is 1. The van der Waals surface area contributed by atoms with Crippen LogP contribution in [0.15, 0.2) is 36.7 Å². The fourth-order valence-corrected chi connectivity index (χ4v) is 3.61. The maximum Gasteiger partial charge on any atom is 0.254 e. The highest BCUT2D eigenvalue weighted by atomic mass is 19.1. The third-order valence-corrected chi connectivity index (χ3v) is 5.19. The van der Waals surface area contributed by atoms with Gasteiger partial charge in [-0.1, -0.05) is 19.1 Å². The second kappa shape index (κ2) is 8.52. The second-order valence-electron chi connectivity index (χ2n) is 7.02. The summed E-state index contributed by atoms with van der Waals surface area (Å²) in [6.45, 7) is 7.59. The number of hydrogen-bond donors (Lipinski definition) is 1. The summed E-state index contributed by atoms with van der Waals surface area (Å²) < 4.78 is 15.7. The van der Waals surface area contributed by atoms with Gasteiger partial charge in [-0.3, -0.25) is 4.90 Å². The fourth-order valence-electron chi connectivity index (χ4n) is 3.61. The van der Waals surface area contributed by atoms with Gasteiger partial charge in [-0.05, 0) is 31.5 Å². The maximum atomic E-state index is 13.9. The van der Waals surface area contributed by atoms with Crippen LogP contribution in [0.2, 0.25) is 0 Å². The van der Waals surface area contributed by atoms with E-state index in [2.05, 4.69) is 37.1 Å². The summed E-state index contributed by atoms with van der Waals surface area (Å²) >= 11 is 0. The van der Waals surface area contributed by atoms with E-state index in [1.54, 1.807) is 10.6 Å². The van der Waals surface area contributed by atoms with E-state index in [1.165, 1.54) is 12.4 Å². The quantitative estimate of drug-likeness (QED) is 0.633. The van der Waals surface area contributed by atoms with Crippen LogP contribution < -0.4 is 10.2 Å². The first-order chi connectivity index (χ1) is 13.7. The Morgan fingerprint density at radius 1 is 1.14 bits per heavy atom. The number of para-hydroxylation sites is 1. The number of aryl methyl sites for hydroxylation is 1. The summed E-state index contributed by atoms with van der Waals surface area (Å²) in [5, 5.41) is 7.70. The molecule has 1 N–H and O–H groups in total. The van der Waals surface area contributed by atoms with Crippen molar-refractivity contribution >= 4 is 17.3 Å². The number of fused-ring (bicyclic) bond motifs is 1. The summed E-state index contributed by atoms with van der Waals surface area (Å²) in [4.78, 5) is 13.2. The molecule has 1 aromatic carbocycles. The molecule has 2 aromatic heterocycles. The fraction of sp³-hybridized carbons (Fsp3) is 0.450. The molecular formula is C20H26FN7. The molecule has 1 saturated heterocycles. The molecule has 1 fully saturated rings. The average Bonchev–Trinajstić information content (AvgIpc) is 3.21. The van der Waals surface area contributed by atoms with Crippen LogP contribution in [0.5, 0.6) is 0 Å². The highest BCUT2D eigenvalue weighted by molar-refractivity contribution is 5.48. The first kappa shape index (κ1) is 18.6. The summed E-state index contributed by atoms with van der Waals surface area (Å²) in [6, 6.07) is 9.06. The molecule has 0 spiro atoms. The van der Waals surface area contributed by atoms with Gasteiger partial charge in [0.2, 0.25) is 0 Å². The van der Waals surface area contributed by atoms with Gasteiger partial charge in [0, 0.05) is 44.5 Å². The van der Waals surface area contributed by atoms with E-state index >= 15 is 0 Å². The highest BCUT2D eigenvalue weighted by Gasteiger charge is 2.18. The number of nitrogens with one attached hydrogen (secondary N) is 1. The number of piperazine rings is 1. The Balaban J connectivity index is 1.25. The van der Waals surface area contributed by atoms with Gasteiger partial charge in [0.05, 0.1) is 5.69 Å². The number of benzene rings is 1. The summed E-state index contributed by atoms with van der Waals surface area (Å²) in [5.74, 6) is 1.43. The number of nitrogens with zero attached hydrogens (tertiary/aromatic N) is 6. The van der Waals surface area contributed by atoms with Crippen LogP contribution in [0.3, 0.4) is 0 Å². The minimum Gasteiger partial charge on any atom is -0.370 e. The largest absolute Gasteiger partial charge is 0.370 e. The zero-order valence-corrected chi connectivity index (χ0v) is 16.2. The van der Waals surface area contributed by atoms with Gasteiger partial charge < -0.3 is 10.2 Å². The lowest BCUT2D eigenvalue weighted by atomic mass is 10.2. The molecule has 0 radical (unpaired) electrons. The van der Waals surface area contributed by atoms with Crippen molar-refractivity contribution < 1.29 is 4.39 Å². The zero-order chi connectivity index (χ0) is 19.3. The number of hydrogen-bond acceptors (Lipinski definition) is 6. The van der Waals surface area contributed by atoms with Gasteiger partial charge in [0.1, 0.15) is 18.0 Å². The molecule has 3 heterocycles. The number of anilines is 2. The lowest BCUT2D eigenvalue weighted by molar-refractivity contribution is 0.256. The smallest absolute Gasteiger partial charge is 0.254 e. The average molecular weight is 383 g/mol. The predicted octanol–water partition coefficient (Wildman–Crippen LogP) is 2.45. The van der Waals surface area contributed by atoms with Crippen LogP contribution in [0.1, 0.15) is 19.0 Å². The summed E-state index contributed by atoms with van der Waals surface area (Å²) in [5.41, 5.74) is 1.72. The molecule has 0 aliphatic carbocycles. The molecular weight excluding hydrogens is 357 g/mol. The molecule has 0 bridgehead atoms. The van der Waals surface area contributed by atoms with Gasteiger partial charge in [0.15, 0.2) is 0 Å². The van der Waals surface area contributed by atoms with E-state index < -0.39 is 0 Å². The molecule has 0 unspecified atom stereocenters. The summed E-state index contributed by atoms with van der Waals surface area (Å²) in [6.07, 6.45) is 3.42. The van der Waals surface area contributed by atoms with Gasteiger partial charge in [0.25, 0.3) is 5.78 Å². The zero-order valence-electron chi connectivity index (χ0n) is 16.2. The van der Waals surface area contributed by atoms with Crippen LogP contribution >= 0.6 is 0 Å². The standard InChI is InChI=1S/C20H26FN7/c1-2-16-14-19(28-20(25-16)23-15-24-28)22-8-5-9-26-10-12-27(13-11-26)18-7-4-3-6-17(18)21/h3-4,6-7,14-15,22H,2,5,8-13H2,1H3. The van der Waals surface area contributed by atoms with E-state index in [0.29, 0.717) is 11.5 Å². The molecule has 1 aliphatic heterocycles. The number of aromatic nitrogens is 4. The van der Waals surface area contributed by atoms with E-state index in [4.69, 9.17) is 0 Å². The molecule has 28 heavy (non-hydrogen) atoms. The van der Waals surface area contributed by atoms with Crippen molar-refractivity contribution in [2.75, 3.05) is 49.5 Å². The topological polar surface area (TPSA) is 61.6 Å². The normalized spacial score (nSPS) is 15.3. The third kappa shape index (κ3) is 4.06. The van der Waals surface area contributed by atoms with E-state index in [9.17, 15) is 4.39 Å². The van der Waals surface area contributed by atoms with Crippen molar-refractivity contribution in [3.05, 3.63) is 48.2 Å². The lowest BCUT2D eigenvalue weighted by Crippen LogP contribution is -2.47. The Bertz CT molecular complexity index is 918. The van der Waals surface area contributed by atoms with Gasteiger partial charge in [-0.15, -0.1) is 0 Å². The predicted molar refractivity (Wildman–Crippen MR) is 108 cm³/mol. The molecule has 3 aromatic rings. The van der Waals surface area contributed by atoms with Crippen LogP contribution in [0, 0.1) is 5.82 Å². The molecule has 8 heteroatoms. The third-order valence-electron chi connectivity index (χ3n) is 5.19. The Labute approximate surface area is 164 Å². The molecule has 7 nitrogen and oxygen atoms in total. The van der Waals surface area contributed by atoms with Gasteiger partial charge in [-0.25, -0.2) is 9.37 Å². The van der Waals surface area contributed by atoms with E-state index in [0.717, 1.165) is 63.6 Å². The number of rotatable bonds is 7. The molecule has 0 atom stereocenters. The van der Waals surface area contributed by atoms with Gasteiger partial charge >= 0.3 is 0 Å². The molecule has 1 aliphatic rings. The van der Waals surface area contributed by atoms with Crippen molar-refractivity contribution in [3.8, 4) is 0 Å². The molecule has 4 rings (SSSR count). The van der Waals surface area contributed by atoms with Crippen LogP contribution in [0.25, 0.3) is 5.78 Å². The molecule has 0 amide bonds. The van der Waals surface area contributed by atoms with Crippen molar-refractivity contribution in [1.29, 1.82) is 0 Å². The van der Waals surface area contributed by atoms with Gasteiger partial charge in [-0.2, -0.15) is 14.6 Å². The highest BCUT2D eigenvalue weighted by Crippen LogP contribution is 2.20. The molecule has 148 valence electrons. The Morgan fingerprint density at radius 2 is 1.96 bits per heavy atom. The van der Waals surface area contributed by atoms with Crippen molar-refractivity contribution in [3.63, 3.8) is 0 Å². The Kier molecular flexibility index (Phi) is 5.66. The van der Waals surface area contributed by atoms with Crippen molar-refractivity contribution in [2.45, 2.75) is 19.8 Å². The van der Waals surface area contributed by atoms with E-state index in [-0.39, 0.29) is 5.82 Å². The van der Waals surface area contributed by atoms with Crippen molar-refractivity contribution in [2.24, 2.45) is 0 Å². The second-order valence-corrected chi connectivity index (χ2v) is 7.02. The Morgan fingerprint density at radius 3 is 2.75 bits per heavy atom. The van der Waals surface area contributed by atoms with Crippen LogP contribution in [0.4, 0.5) is 15.9 Å². The minimum absolute atomic E-state index is 0.136. The first-order valence-corrected chi connectivity index (χ1v) is 9.90. The minimum atomic E-state index is -0.136.